The van der Waals surface area contributed by atoms with E-state index in [9.17, 15) is 13.2 Å². The SMILES string of the molecule is Cc1ccc([C@H](NC(=O)c2ccc(C)c(S(=O)(=O)N3CCCCC3)c2)c2ccccc2)cc1. The molecule has 1 heterocycles. The molecule has 0 unspecified atom stereocenters. The van der Waals surface area contributed by atoms with Gasteiger partial charge in [-0.05, 0) is 55.5 Å². The van der Waals surface area contributed by atoms with Crippen molar-refractivity contribution in [2.45, 2.75) is 44.0 Å². The van der Waals surface area contributed by atoms with E-state index in [1.165, 1.54) is 6.07 Å². The summed E-state index contributed by atoms with van der Waals surface area (Å²) >= 11 is 0. The molecule has 1 amide bonds. The third kappa shape index (κ3) is 5.18. The molecule has 3 aromatic rings. The van der Waals surface area contributed by atoms with Crippen molar-refractivity contribution < 1.29 is 13.2 Å². The lowest BCUT2D eigenvalue weighted by Gasteiger charge is -2.27. The molecule has 33 heavy (non-hydrogen) atoms. The average molecular weight is 463 g/mol. The fourth-order valence-electron chi connectivity index (χ4n) is 4.24. The van der Waals surface area contributed by atoms with Crippen LogP contribution < -0.4 is 5.32 Å². The molecule has 0 aliphatic carbocycles. The maximum Gasteiger partial charge on any atom is 0.252 e. The normalized spacial score (nSPS) is 15.7. The molecule has 1 fully saturated rings. The molecule has 6 heteroatoms. The van der Waals surface area contributed by atoms with E-state index in [0.29, 0.717) is 24.2 Å². The van der Waals surface area contributed by atoms with Gasteiger partial charge in [0.15, 0.2) is 0 Å². The van der Waals surface area contributed by atoms with Gasteiger partial charge in [-0.1, -0.05) is 72.6 Å². The van der Waals surface area contributed by atoms with Gasteiger partial charge in [-0.3, -0.25) is 4.79 Å². The van der Waals surface area contributed by atoms with E-state index in [-0.39, 0.29) is 16.8 Å². The van der Waals surface area contributed by atoms with Gasteiger partial charge in [-0.2, -0.15) is 4.31 Å². The average Bonchev–Trinajstić information content (AvgIpc) is 2.84. The van der Waals surface area contributed by atoms with Gasteiger partial charge in [-0.25, -0.2) is 8.42 Å². The summed E-state index contributed by atoms with van der Waals surface area (Å²) in [4.78, 5) is 13.5. The maximum absolute atomic E-state index is 13.3. The van der Waals surface area contributed by atoms with Crippen LogP contribution in [0.3, 0.4) is 0 Å². The molecule has 1 aliphatic rings. The molecule has 3 aromatic carbocycles. The molecule has 0 radical (unpaired) electrons. The van der Waals surface area contributed by atoms with Crippen LogP contribution in [0.25, 0.3) is 0 Å². The number of nitrogens with one attached hydrogen (secondary N) is 1. The predicted octanol–water partition coefficient (Wildman–Crippen LogP) is 5.00. The molecule has 1 N–H and O–H groups in total. The monoisotopic (exact) mass is 462 g/mol. The Morgan fingerprint density at radius 2 is 1.48 bits per heavy atom. The number of sulfonamides is 1. The van der Waals surface area contributed by atoms with Crippen LogP contribution >= 0.6 is 0 Å². The molecular formula is C27H30N2O3S. The molecule has 1 atom stereocenters. The van der Waals surface area contributed by atoms with E-state index in [1.807, 2.05) is 61.5 Å². The summed E-state index contributed by atoms with van der Waals surface area (Å²) in [5, 5.41) is 3.12. The van der Waals surface area contributed by atoms with Crippen LogP contribution in [0.15, 0.2) is 77.7 Å². The van der Waals surface area contributed by atoms with E-state index in [2.05, 4.69) is 5.32 Å². The molecule has 0 spiro atoms. The largest absolute Gasteiger partial charge is 0.341 e. The third-order valence-corrected chi connectivity index (χ3v) is 8.24. The smallest absolute Gasteiger partial charge is 0.252 e. The Labute approximate surface area is 196 Å². The lowest BCUT2D eigenvalue weighted by Crippen LogP contribution is -2.36. The number of benzene rings is 3. The van der Waals surface area contributed by atoms with E-state index in [1.54, 1.807) is 23.4 Å². The molecule has 0 bridgehead atoms. The zero-order valence-corrected chi connectivity index (χ0v) is 19.9. The zero-order chi connectivity index (χ0) is 23.4. The van der Waals surface area contributed by atoms with E-state index in [4.69, 9.17) is 0 Å². The molecule has 0 saturated carbocycles. The number of piperidine rings is 1. The highest BCUT2D eigenvalue weighted by Crippen LogP contribution is 2.26. The number of carbonyl (C=O) groups is 1. The molecule has 5 nitrogen and oxygen atoms in total. The maximum atomic E-state index is 13.3. The Bertz CT molecular complexity index is 1220. The fraction of sp³-hybridized carbons (Fsp3) is 0.296. The molecule has 1 aliphatic heterocycles. The van der Waals surface area contributed by atoms with Crippen molar-refractivity contribution in [3.05, 3.63) is 101 Å². The number of aryl methyl sites for hydroxylation is 2. The first-order valence-corrected chi connectivity index (χ1v) is 12.8. The van der Waals surface area contributed by atoms with Crippen LogP contribution in [0.1, 0.15) is 57.9 Å². The highest BCUT2D eigenvalue weighted by molar-refractivity contribution is 7.89. The summed E-state index contributed by atoms with van der Waals surface area (Å²) in [6.45, 7) is 4.86. The first-order valence-electron chi connectivity index (χ1n) is 11.4. The number of amides is 1. The summed E-state index contributed by atoms with van der Waals surface area (Å²) in [5.74, 6) is -0.306. The van der Waals surface area contributed by atoms with E-state index >= 15 is 0 Å². The van der Waals surface area contributed by atoms with Crippen molar-refractivity contribution in [1.29, 1.82) is 0 Å². The number of rotatable bonds is 6. The van der Waals surface area contributed by atoms with Crippen molar-refractivity contribution in [1.82, 2.24) is 9.62 Å². The lowest BCUT2D eigenvalue weighted by molar-refractivity contribution is 0.0942. The minimum atomic E-state index is -3.63. The van der Waals surface area contributed by atoms with Gasteiger partial charge in [-0.15, -0.1) is 0 Å². The van der Waals surface area contributed by atoms with Crippen LogP contribution in [0, 0.1) is 13.8 Å². The zero-order valence-electron chi connectivity index (χ0n) is 19.1. The molecule has 0 aromatic heterocycles. The van der Waals surface area contributed by atoms with Crippen LogP contribution in [0.4, 0.5) is 0 Å². The van der Waals surface area contributed by atoms with Gasteiger partial charge in [0.2, 0.25) is 10.0 Å². The predicted molar refractivity (Wildman–Crippen MR) is 131 cm³/mol. The second kappa shape index (κ2) is 9.89. The lowest BCUT2D eigenvalue weighted by atomic mass is 9.97. The van der Waals surface area contributed by atoms with Gasteiger partial charge in [0, 0.05) is 18.7 Å². The van der Waals surface area contributed by atoms with Gasteiger partial charge in [0.05, 0.1) is 10.9 Å². The van der Waals surface area contributed by atoms with Gasteiger partial charge in [0.25, 0.3) is 5.91 Å². The van der Waals surface area contributed by atoms with Crippen LogP contribution in [0.5, 0.6) is 0 Å². The number of nitrogens with zero attached hydrogens (tertiary/aromatic N) is 1. The Balaban J connectivity index is 1.65. The van der Waals surface area contributed by atoms with Crippen molar-refractivity contribution in [2.24, 2.45) is 0 Å². The molecule has 172 valence electrons. The summed E-state index contributed by atoms with van der Waals surface area (Å²) < 4.78 is 28.1. The minimum absolute atomic E-state index is 0.212. The summed E-state index contributed by atoms with van der Waals surface area (Å²) in [6.07, 6.45) is 2.79. The van der Waals surface area contributed by atoms with Crippen molar-refractivity contribution in [3.63, 3.8) is 0 Å². The Morgan fingerprint density at radius 3 is 2.15 bits per heavy atom. The standard InChI is InChI=1S/C27H30N2O3S/c1-20-11-14-23(15-12-20)26(22-9-5-3-6-10-22)28-27(30)24-16-13-21(2)25(19-24)33(31,32)29-17-7-4-8-18-29/h3,5-6,9-16,19,26H,4,7-8,17-18H2,1-2H3,(H,28,30)/t26-/m1/s1. The fourth-order valence-corrected chi connectivity index (χ4v) is 6.01. The molecule has 1 saturated heterocycles. The second-order valence-electron chi connectivity index (χ2n) is 8.67. The Kier molecular flexibility index (Phi) is 6.96. The summed E-state index contributed by atoms with van der Waals surface area (Å²) in [6, 6.07) is 22.4. The van der Waals surface area contributed by atoms with Gasteiger partial charge >= 0.3 is 0 Å². The summed E-state index contributed by atoms with van der Waals surface area (Å²) in [7, 11) is -3.63. The number of hydrogen-bond acceptors (Lipinski definition) is 3. The second-order valence-corrected chi connectivity index (χ2v) is 10.6. The van der Waals surface area contributed by atoms with Crippen LogP contribution in [-0.2, 0) is 10.0 Å². The molecule has 4 rings (SSSR count). The topological polar surface area (TPSA) is 66.5 Å². The highest BCUT2D eigenvalue weighted by Gasteiger charge is 2.28. The molecular weight excluding hydrogens is 432 g/mol. The van der Waals surface area contributed by atoms with E-state index in [0.717, 1.165) is 36.0 Å². The highest BCUT2D eigenvalue weighted by atomic mass is 32.2. The third-order valence-electron chi connectivity index (χ3n) is 6.20. The van der Waals surface area contributed by atoms with Crippen molar-refractivity contribution in [2.75, 3.05) is 13.1 Å². The quantitative estimate of drug-likeness (QED) is 0.561. The van der Waals surface area contributed by atoms with Crippen molar-refractivity contribution >= 4 is 15.9 Å². The number of hydrogen-bond donors (Lipinski definition) is 1. The van der Waals surface area contributed by atoms with Gasteiger partial charge in [0.1, 0.15) is 0 Å². The number of carbonyl (C=O) groups excluding carboxylic acids is 1. The van der Waals surface area contributed by atoms with Crippen LogP contribution in [0.2, 0.25) is 0 Å². The minimum Gasteiger partial charge on any atom is -0.341 e. The Morgan fingerprint density at radius 1 is 0.848 bits per heavy atom. The van der Waals surface area contributed by atoms with Crippen LogP contribution in [-0.4, -0.2) is 31.7 Å². The Hall–Kier alpha value is -2.96. The van der Waals surface area contributed by atoms with Gasteiger partial charge < -0.3 is 5.32 Å². The first-order chi connectivity index (χ1) is 15.9. The van der Waals surface area contributed by atoms with Crippen molar-refractivity contribution in [3.8, 4) is 0 Å². The summed E-state index contributed by atoms with van der Waals surface area (Å²) in [5.41, 5.74) is 4.05. The van der Waals surface area contributed by atoms with E-state index < -0.39 is 10.0 Å². The first kappa shape index (κ1) is 23.2.